The number of aromatic nitrogens is 3. The fraction of sp³-hybridized carbons (Fsp3) is 0.375. The van der Waals surface area contributed by atoms with Crippen LogP contribution in [0.25, 0.3) is 21.8 Å². The number of fused-ring (bicyclic) bond motifs is 3. The SMILES string of the molecule is CC(C)C(C)c1cc2c3cnccc3n(C)c2cn1. The van der Waals surface area contributed by atoms with Gasteiger partial charge in [-0.25, -0.2) is 0 Å². The van der Waals surface area contributed by atoms with E-state index >= 15 is 0 Å². The van der Waals surface area contributed by atoms with Crippen molar-refractivity contribution < 1.29 is 0 Å². The summed E-state index contributed by atoms with van der Waals surface area (Å²) in [5.41, 5.74) is 3.54. The van der Waals surface area contributed by atoms with Crippen LogP contribution in [0.4, 0.5) is 0 Å². The molecule has 3 rings (SSSR count). The maximum absolute atomic E-state index is 4.64. The van der Waals surface area contributed by atoms with Gasteiger partial charge in [-0.3, -0.25) is 9.97 Å². The summed E-state index contributed by atoms with van der Waals surface area (Å²) in [6.45, 7) is 6.71. The number of rotatable bonds is 2. The second kappa shape index (κ2) is 4.34. The second-order valence-corrected chi connectivity index (χ2v) is 5.61. The van der Waals surface area contributed by atoms with Crippen molar-refractivity contribution in [2.75, 3.05) is 0 Å². The lowest BCUT2D eigenvalue weighted by molar-refractivity contribution is 0.524. The molecule has 1 unspecified atom stereocenters. The quantitative estimate of drug-likeness (QED) is 0.694. The molecule has 3 aromatic heterocycles. The van der Waals surface area contributed by atoms with E-state index in [1.54, 1.807) is 0 Å². The zero-order valence-corrected chi connectivity index (χ0v) is 11.9. The van der Waals surface area contributed by atoms with Crippen LogP contribution in [0.1, 0.15) is 32.4 Å². The average molecular weight is 253 g/mol. The molecule has 3 heteroatoms. The van der Waals surface area contributed by atoms with Gasteiger partial charge >= 0.3 is 0 Å². The van der Waals surface area contributed by atoms with E-state index in [-0.39, 0.29) is 0 Å². The monoisotopic (exact) mass is 253 g/mol. The molecule has 0 saturated heterocycles. The molecule has 0 aliphatic heterocycles. The minimum absolute atomic E-state index is 0.469. The van der Waals surface area contributed by atoms with Crippen LogP contribution in [0, 0.1) is 5.92 Å². The first kappa shape index (κ1) is 12.2. The third-order valence-electron chi connectivity index (χ3n) is 4.18. The molecule has 0 radical (unpaired) electrons. The fourth-order valence-electron chi connectivity index (χ4n) is 2.55. The fourth-order valence-corrected chi connectivity index (χ4v) is 2.55. The lowest BCUT2D eigenvalue weighted by atomic mass is 9.93. The maximum atomic E-state index is 4.64. The van der Waals surface area contributed by atoms with Gasteiger partial charge in [0.25, 0.3) is 0 Å². The van der Waals surface area contributed by atoms with Crippen molar-refractivity contribution in [3.63, 3.8) is 0 Å². The van der Waals surface area contributed by atoms with Gasteiger partial charge in [0.15, 0.2) is 0 Å². The molecule has 0 aromatic carbocycles. The lowest BCUT2D eigenvalue weighted by Crippen LogP contribution is -2.04. The largest absolute Gasteiger partial charge is 0.342 e. The van der Waals surface area contributed by atoms with Gasteiger partial charge < -0.3 is 4.57 Å². The number of aryl methyl sites for hydroxylation is 1. The molecule has 0 spiro atoms. The van der Waals surface area contributed by atoms with Crippen LogP contribution in [0.15, 0.2) is 30.7 Å². The van der Waals surface area contributed by atoms with Crippen LogP contribution in [0.2, 0.25) is 0 Å². The highest BCUT2D eigenvalue weighted by molar-refractivity contribution is 6.07. The number of pyridine rings is 2. The van der Waals surface area contributed by atoms with Crippen molar-refractivity contribution in [1.82, 2.24) is 14.5 Å². The number of hydrogen-bond acceptors (Lipinski definition) is 2. The first-order chi connectivity index (χ1) is 9.09. The Kier molecular flexibility index (Phi) is 2.77. The van der Waals surface area contributed by atoms with Crippen molar-refractivity contribution in [3.05, 3.63) is 36.4 Å². The van der Waals surface area contributed by atoms with Gasteiger partial charge in [-0.1, -0.05) is 20.8 Å². The molecule has 3 aromatic rings. The van der Waals surface area contributed by atoms with Crippen LogP contribution in [0.3, 0.4) is 0 Å². The minimum atomic E-state index is 0.469. The molecule has 0 N–H and O–H groups in total. The van der Waals surface area contributed by atoms with Crippen molar-refractivity contribution in [3.8, 4) is 0 Å². The third-order valence-corrected chi connectivity index (χ3v) is 4.18. The molecular weight excluding hydrogens is 234 g/mol. The van der Waals surface area contributed by atoms with Crippen LogP contribution in [-0.4, -0.2) is 14.5 Å². The van der Waals surface area contributed by atoms with Crippen LogP contribution in [-0.2, 0) is 7.05 Å². The molecule has 98 valence electrons. The minimum Gasteiger partial charge on any atom is -0.342 e. The first-order valence-corrected chi connectivity index (χ1v) is 6.77. The van der Waals surface area contributed by atoms with Crippen LogP contribution in [0.5, 0.6) is 0 Å². The summed E-state index contributed by atoms with van der Waals surface area (Å²) in [6, 6.07) is 4.28. The molecule has 19 heavy (non-hydrogen) atoms. The first-order valence-electron chi connectivity index (χ1n) is 6.77. The van der Waals surface area contributed by atoms with E-state index < -0.39 is 0 Å². The molecule has 0 saturated carbocycles. The zero-order chi connectivity index (χ0) is 13.6. The van der Waals surface area contributed by atoms with E-state index in [4.69, 9.17) is 0 Å². The van der Waals surface area contributed by atoms with E-state index in [0.29, 0.717) is 11.8 Å². The maximum Gasteiger partial charge on any atom is 0.0675 e. The summed E-state index contributed by atoms with van der Waals surface area (Å²) in [6.07, 6.45) is 5.78. The van der Waals surface area contributed by atoms with Crippen molar-refractivity contribution >= 4 is 21.8 Å². The Morgan fingerprint density at radius 2 is 1.84 bits per heavy atom. The van der Waals surface area contributed by atoms with Crippen molar-refractivity contribution in [2.24, 2.45) is 13.0 Å². The van der Waals surface area contributed by atoms with Gasteiger partial charge in [-0.05, 0) is 18.1 Å². The predicted molar refractivity (Wildman–Crippen MR) is 79.3 cm³/mol. The van der Waals surface area contributed by atoms with Crippen LogP contribution >= 0.6 is 0 Å². The highest BCUT2D eigenvalue weighted by Crippen LogP contribution is 2.30. The smallest absolute Gasteiger partial charge is 0.0675 e. The van der Waals surface area contributed by atoms with Gasteiger partial charge in [0.1, 0.15) is 0 Å². The Morgan fingerprint density at radius 3 is 2.58 bits per heavy atom. The van der Waals surface area contributed by atoms with Gasteiger partial charge in [0.2, 0.25) is 0 Å². The van der Waals surface area contributed by atoms with E-state index in [2.05, 4.69) is 54.5 Å². The summed E-state index contributed by atoms with van der Waals surface area (Å²) >= 11 is 0. The third kappa shape index (κ3) is 1.81. The Morgan fingerprint density at radius 1 is 1.05 bits per heavy atom. The van der Waals surface area contributed by atoms with Gasteiger partial charge in [-0.2, -0.15) is 0 Å². The molecule has 3 heterocycles. The standard InChI is InChI=1S/C16H19N3/c1-10(2)11(3)14-7-12-13-8-17-6-5-15(13)19(4)16(12)9-18-14/h5-11H,1-4H3. The normalized spacial score (nSPS) is 13.5. The summed E-state index contributed by atoms with van der Waals surface area (Å²) < 4.78 is 2.18. The molecule has 0 bridgehead atoms. The average Bonchev–Trinajstić information content (AvgIpc) is 2.72. The lowest BCUT2D eigenvalue weighted by Gasteiger charge is -2.14. The van der Waals surface area contributed by atoms with E-state index in [1.807, 2.05) is 18.6 Å². The highest BCUT2D eigenvalue weighted by Gasteiger charge is 2.14. The zero-order valence-electron chi connectivity index (χ0n) is 11.9. The van der Waals surface area contributed by atoms with Gasteiger partial charge in [0, 0.05) is 41.8 Å². The van der Waals surface area contributed by atoms with Gasteiger partial charge in [-0.15, -0.1) is 0 Å². The summed E-state index contributed by atoms with van der Waals surface area (Å²) in [7, 11) is 2.08. The Hall–Kier alpha value is -1.90. The molecule has 3 nitrogen and oxygen atoms in total. The molecule has 0 aliphatic rings. The van der Waals surface area contributed by atoms with Gasteiger partial charge in [0.05, 0.1) is 17.2 Å². The highest BCUT2D eigenvalue weighted by atomic mass is 15.0. The number of hydrogen-bond donors (Lipinski definition) is 0. The second-order valence-electron chi connectivity index (χ2n) is 5.61. The van der Waals surface area contributed by atoms with E-state index in [0.717, 1.165) is 0 Å². The molecule has 0 aliphatic carbocycles. The van der Waals surface area contributed by atoms with Crippen molar-refractivity contribution in [1.29, 1.82) is 0 Å². The van der Waals surface area contributed by atoms with Crippen molar-refractivity contribution in [2.45, 2.75) is 26.7 Å². The Balaban J connectivity index is 2.31. The topological polar surface area (TPSA) is 30.7 Å². The van der Waals surface area contributed by atoms with E-state index in [9.17, 15) is 0 Å². The Labute approximate surface area is 113 Å². The summed E-state index contributed by atoms with van der Waals surface area (Å²) in [5, 5.41) is 2.46. The molecule has 1 atom stereocenters. The Bertz CT molecular complexity index is 740. The summed E-state index contributed by atoms with van der Waals surface area (Å²) in [4.78, 5) is 8.90. The predicted octanol–water partition coefficient (Wildman–Crippen LogP) is 3.88. The summed E-state index contributed by atoms with van der Waals surface area (Å²) in [5.74, 6) is 1.06. The molecule has 0 amide bonds. The molecule has 0 fully saturated rings. The van der Waals surface area contributed by atoms with Crippen LogP contribution < -0.4 is 0 Å². The molecular formula is C16H19N3. The van der Waals surface area contributed by atoms with E-state index in [1.165, 1.54) is 27.5 Å². The number of nitrogens with zero attached hydrogens (tertiary/aromatic N) is 3.